The predicted octanol–water partition coefficient (Wildman–Crippen LogP) is 2.18. The fourth-order valence-corrected chi connectivity index (χ4v) is 2.66. The van der Waals surface area contributed by atoms with Crippen molar-refractivity contribution in [3.05, 3.63) is 12.2 Å². The van der Waals surface area contributed by atoms with Gasteiger partial charge in [0.25, 0.3) is 0 Å². The van der Waals surface area contributed by atoms with E-state index in [1.165, 1.54) is 0 Å². The Balaban J connectivity index is 2.07. The highest BCUT2D eigenvalue weighted by Gasteiger charge is 2.24. The first-order valence-electron chi connectivity index (χ1n) is 7.30. The van der Waals surface area contributed by atoms with Gasteiger partial charge in [0, 0.05) is 25.7 Å². The lowest BCUT2D eigenvalue weighted by atomic mass is 9.96. The maximum Gasteiger partial charge on any atom is 0.130 e. The first kappa shape index (κ1) is 14.3. The Morgan fingerprint density at radius 1 is 1.42 bits per heavy atom. The van der Waals surface area contributed by atoms with E-state index in [0.717, 1.165) is 38.3 Å². The molecule has 4 heteroatoms. The van der Waals surface area contributed by atoms with Gasteiger partial charge in [-0.3, -0.25) is 4.99 Å². The van der Waals surface area contributed by atoms with Crippen molar-refractivity contribution in [1.29, 1.82) is 0 Å². The number of hydrogen-bond acceptors (Lipinski definition) is 4. The highest BCUT2D eigenvalue weighted by molar-refractivity contribution is 5.98. The number of hydrogen-bond donors (Lipinski definition) is 0. The lowest BCUT2D eigenvalue weighted by Crippen LogP contribution is -2.51. The van der Waals surface area contributed by atoms with Crippen LogP contribution >= 0.6 is 0 Å². The molecule has 1 unspecified atom stereocenters. The molecule has 0 aromatic heterocycles. The van der Waals surface area contributed by atoms with E-state index >= 15 is 0 Å². The molecule has 0 aromatic carbocycles. The Kier molecular flexibility index (Phi) is 4.40. The van der Waals surface area contributed by atoms with E-state index in [9.17, 15) is 0 Å². The summed E-state index contributed by atoms with van der Waals surface area (Å²) in [5.74, 6) is 1.06. The molecule has 0 aliphatic carbocycles. The standard InChI is InChI=1S/C15H26N4/c1-5-7-15(3)8-6-14(16-12-17-15)19-10-9-18(4)13(2)11-19/h6,8,12-13H,5,7,9-11H2,1-4H3/t13-,15?/m0/s1. The molecular formula is C15H26N4. The van der Waals surface area contributed by atoms with E-state index in [4.69, 9.17) is 0 Å². The van der Waals surface area contributed by atoms with Crippen LogP contribution in [0.15, 0.2) is 22.1 Å². The molecule has 4 nitrogen and oxygen atoms in total. The molecule has 1 fully saturated rings. The van der Waals surface area contributed by atoms with Crippen LogP contribution in [0, 0.1) is 0 Å². The lowest BCUT2D eigenvalue weighted by molar-refractivity contribution is 0.153. The van der Waals surface area contributed by atoms with Gasteiger partial charge in [0.05, 0.1) is 5.54 Å². The van der Waals surface area contributed by atoms with Crippen molar-refractivity contribution in [3.63, 3.8) is 0 Å². The zero-order chi connectivity index (χ0) is 13.9. The third kappa shape index (κ3) is 3.44. The minimum Gasteiger partial charge on any atom is -0.354 e. The Hall–Kier alpha value is -1.16. The second-order valence-electron chi connectivity index (χ2n) is 5.95. The Labute approximate surface area is 116 Å². The predicted molar refractivity (Wildman–Crippen MR) is 82.0 cm³/mol. The van der Waals surface area contributed by atoms with E-state index in [1.807, 2.05) is 0 Å². The number of rotatable bonds is 2. The summed E-state index contributed by atoms with van der Waals surface area (Å²) in [6.45, 7) is 9.82. The zero-order valence-electron chi connectivity index (χ0n) is 12.6. The van der Waals surface area contributed by atoms with Gasteiger partial charge in [0.1, 0.15) is 12.2 Å². The first-order chi connectivity index (χ1) is 9.04. The molecule has 2 aliphatic rings. The Bertz CT molecular complexity index is 399. The van der Waals surface area contributed by atoms with Gasteiger partial charge in [-0.15, -0.1) is 0 Å². The summed E-state index contributed by atoms with van der Waals surface area (Å²) in [6.07, 6.45) is 8.32. The second kappa shape index (κ2) is 5.87. The summed E-state index contributed by atoms with van der Waals surface area (Å²) in [4.78, 5) is 13.9. The molecule has 2 rings (SSSR count). The van der Waals surface area contributed by atoms with Crippen LogP contribution in [0.3, 0.4) is 0 Å². The highest BCUT2D eigenvalue weighted by atomic mass is 15.3. The van der Waals surface area contributed by atoms with E-state index in [1.54, 1.807) is 6.34 Å². The normalized spacial score (nSPS) is 32.3. The fraction of sp³-hybridized carbons (Fsp3) is 0.733. The Morgan fingerprint density at radius 3 is 2.89 bits per heavy atom. The smallest absolute Gasteiger partial charge is 0.130 e. The summed E-state index contributed by atoms with van der Waals surface area (Å²) in [7, 11) is 2.19. The first-order valence-corrected chi connectivity index (χ1v) is 7.30. The number of amidine groups is 1. The molecule has 2 atom stereocenters. The van der Waals surface area contributed by atoms with Crippen LogP contribution in [0.1, 0.15) is 33.6 Å². The molecule has 0 amide bonds. The number of nitrogens with zero attached hydrogens (tertiary/aromatic N) is 4. The molecule has 0 spiro atoms. The molecule has 0 N–H and O–H groups in total. The van der Waals surface area contributed by atoms with Gasteiger partial charge in [-0.05, 0) is 33.4 Å². The third-order valence-electron chi connectivity index (χ3n) is 4.17. The second-order valence-corrected chi connectivity index (χ2v) is 5.95. The van der Waals surface area contributed by atoms with Crippen LogP contribution in [-0.2, 0) is 0 Å². The van der Waals surface area contributed by atoms with Crippen LogP contribution < -0.4 is 0 Å². The van der Waals surface area contributed by atoms with E-state index in [0.29, 0.717) is 6.04 Å². The van der Waals surface area contributed by atoms with E-state index < -0.39 is 0 Å². The molecule has 0 saturated carbocycles. The van der Waals surface area contributed by atoms with Crippen molar-refractivity contribution in [3.8, 4) is 0 Å². The molecule has 1 saturated heterocycles. The summed E-state index contributed by atoms with van der Waals surface area (Å²) in [5.41, 5.74) is -0.0851. The summed E-state index contributed by atoms with van der Waals surface area (Å²) < 4.78 is 0. The molecule has 19 heavy (non-hydrogen) atoms. The molecule has 0 radical (unpaired) electrons. The van der Waals surface area contributed by atoms with Gasteiger partial charge >= 0.3 is 0 Å². The Morgan fingerprint density at radius 2 is 2.21 bits per heavy atom. The maximum atomic E-state index is 4.59. The molecule has 2 aliphatic heterocycles. The topological polar surface area (TPSA) is 31.2 Å². The van der Waals surface area contributed by atoms with Crippen LogP contribution in [-0.4, -0.2) is 60.2 Å². The van der Waals surface area contributed by atoms with Crippen LogP contribution in [0.25, 0.3) is 0 Å². The average Bonchev–Trinajstić information content (AvgIpc) is 2.56. The SMILES string of the molecule is CCCC1(C)C=CC(N2CCN(C)[C@@H](C)C2)=NC=N1. The molecular weight excluding hydrogens is 236 g/mol. The highest BCUT2D eigenvalue weighted by Crippen LogP contribution is 2.21. The number of piperazine rings is 1. The van der Waals surface area contributed by atoms with Crippen molar-refractivity contribution in [2.45, 2.75) is 45.2 Å². The minimum atomic E-state index is -0.0851. The molecule has 0 bridgehead atoms. The van der Waals surface area contributed by atoms with Crippen LogP contribution in [0.4, 0.5) is 0 Å². The number of likely N-dealkylation sites (N-methyl/N-ethyl adjacent to an activating group) is 1. The summed E-state index contributed by atoms with van der Waals surface area (Å²) >= 11 is 0. The summed E-state index contributed by atoms with van der Waals surface area (Å²) in [5, 5.41) is 0. The van der Waals surface area contributed by atoms with Crippen molar-refractivity contribution >= 4 is 12.2 Å². The van der Waals surface area contributed by atoms with Crippen molar-refractivity contribution in [2.24, 2.45) is 9.98 Å². The number of aliphatic imine (C=N–C) groups is 2. The van der Waals surface area contributed by atoms with Crippen molar-refractivity contribution in [2.75, 3.05) is 26.7 Å². The maximum absolute atomic E-state index is 4.59. The van der Waals surface area contributed by atoms with Crippen LogP contribution in [0.2, 0.25) is 0 Å². The molecule has 0 aromatic rings. The van der Waals surface area contributed by atoms with Crippen molar-refractivity contribution in [1.82, 2.24) is 9.80 Å². The van der Waals surface area contributed by atoms with Crippen molar-refractivity contribution < 1.29 is 0 Å². The van der Waals surface area contributed by atoms with Gasteiger partial charge in [-0.25, -0.2) is 4.99 Å². The third-order valence-corrected chi connectivity index (χ3v) is 4.17. The quantitative estimate of drug-likeness (QED) is 0.764. The van der Waals surface area contributed by atoms with Gasteiger partial charge in [-0.2, -0.15) is 0 Å². The zero-order valence-corrected chi connectivity index (χ0v) is 12.6. The van der Waals surface area contributed by atoms with Gasteiger partial charge in [0.15, 0.2) is 0 Å². The minimum absolute atomic E-state index is 0.0851. The summed E-state index contributed by atoms with van der Waals surface area (Å²) in [6, 6.07) is 0.576. The lowest BCUT2D eigenvalue weighted by Gasteiger charge is -2.38. The molecule has 106 valence electrons. The van der Waals surface area contributed by atoms with Gasteiger partial charge in [-0.1, -0.05) is 19.4 Å². The molecule has 2 heterocycles. The van der Waals surface area contributed by atoms with Crippen LogP contribution in [0.5, 0.6) is 0 Å². The average molecular weight is 262 g/mol. The van der Waals surface area contributed by atoms with Gasteiger partial charge < -0.3 is 9.80 Å². The van der Waals surface area contributed by atoms with E-state index in [-0.39, 0.29) is 5.54 Å². The largest absolute Gasteiger partial charge is 0.354 e. The van der Waals surface area contributed by atoms with E-state index in [2.05, 4.69) is 59.8 Å². The van der Waals surface area contributed by atoms with Gasteiger partial charge in [0.2, 0.25) is 0 Å². The monoisotopic (exact) mass is 262 g/mol. The fourth-order valence-electron chi connectivity index (χ4n) is 2.66.